The first kappa shape index (κ1) is 20.0. The molecule has 0 aromatic heterocycles. The first-order valence-corrected chi connectivity index (χ1v) is 11.6. The minimum Gasteiger partial charge on any atom is -0.497 e. The Morgan fingerprint density at radius 1 is 1.14 bits per heavy atom. The Morgan fingerprint density at radius 2 is 1.97 bits per heavy atom. The van der Waals surface area contributed by atoms with Gasteiger partial charge in [-0.25, -0.2) is 8.42 Å². The van der Waals surface area contributed by atoms with Crippen LogP contribution in [0.25, 0.3) is 0 Å². The van der Waals surface area contributed by atoms with E-state index in [1.807, 2.05) is 6.07 Å². The average Bonchev–Trinajstić information content (AvgIpc) is 3.11. The zero-order valence-corrected chi connectivity index (χ0v) is 17.6. The Balaban J connectivity index is 1.66. The molecule has 2 aromatic carbocycles. The molecule has 1 N–H and O–H groups in total. The Kier molecular flexibility index (Phi) is 5.69. The molecule has 0 amide bonds. The number of rotatable bonds is 7. The molecule has 2 aromatic rings. The molecule has 4 rings (SSSR count). The quantitative estimate of drug-likeness (QED) is 0.695. The van der Waals surface area contributed by atoms with Gasteiger partial charge in [0.25, 0.3) is 0 Å². The Hall–Kier alpha value is -2.25. The van der Waals surface area contributed by atoms with E-state index in [1.165, 1.54) is 13.2 Å². The lowest BCUT2D eigenvalue weighted by molar-refractivity contribution is 0.176. The molecule has 2 aliphatic rings. The zero-order chi connectivity index (χ0) is 20.4. The summed E-state index contributed by atoms with van der Waals surface area (Å²) in [5.74, 6) is 1.95. The fourth-order valence-corrected chi connectivity index (χ4v) is 5.26. The number of sulfone groups is 1. The highest BCUT2D eigenvalue weighted by Gasteiger charge is 2.37. The molecule has 0 radical (unpaired) electrons. The number of piperidine rings is 1. The zero-order valence-electron chi connectivity index (χ0n) is 16.8. The van der Waals surface area contributed by atoms with Crippen molar-refractivity contribution in [3.8, 4) is 17.2 Å². The summed E-state index contributed by atoms with van der Waals surface area (Å²) >= 11 is 0. The van der Waals surface area contributed by atoms with Crippen molar-refractivity contribution < 1.29 is 22.6 Å². The molecule has 2 aliphatic heterocycles. The van der Waals surface area contributed by atoms with Crippen LogP contribution in [-0.4, -0.2) is 41.3 Å². The summed E-state index contributed by atoms with van der Waals surface area (Å²) in [7, 11) is -2.22. The van der Waals surface area contributed by atoms with Crippen LogP contribution in [0.3, 0.4) is 0 Å². The number of benzene rings is 2. The van der Waals surface area contributed by atoms with Crippen LogP contribution in [0.5, 0.6) is 17.2 Å². The number of unbranched alkanes of at least 4 members (excludes halogenated alkanes) is 1. The van der Waals surface area contributed by atoms with E-state index in [-0.39, 0.29) is 15.9 Å². The number of ether oxygens (including phenoxy) is 3. The minimum absolute atomic E-state index is 0.0760. The van der Waals surface area contributed by atoms with E-state index in [2.05, 4.69) is 12.2 Å². The van der Waals surface area contributed by atoms with E-state index in [9.17, 15) is 8.42 Å². The third-order valence-electron chi connectivity index (χ3n) is 5.57. The number of methoxy groups -OCH3 is 1. The van der Waals surface area contributed by atoms with Gasteiger partial charge in [-0.05, 0) is 43.7 Å². The van der Waals surface area contributed by atoms with Crippen molar-refractivity contribution >= 4 is 9.84 Å². The summed E-state index contributed by atoms with van der Waals surface area (Å²) in [6.45, 7) is 4.35. The first-order chi connectivity index (χ1) is 14.0. The molecule has 6 nitrogen and oxygen atoms in total. The smallest absolute Gasteiger partial charge is 0.207 e. The summed E-state index contributed by atoms with van der Waals surface area (Å²) in [6.07, 6.45) is 2.98. The SMILES string of the molecule is CCCCOc1cc(OC)cc(S(=O)(=O)c2ccc3c(c2)OC2CNCCC32)c1. The van der Waals surface area contributed by atoms with Crippen LogP contribution < -0.4 is 19.5 Å². The summed E-state index contributed by atoms with van der Waals surface area (Å²) < 4.78 is 43.7. The normalized spacial score (nSPS) is 20.5. The molecule has 1 saturated heterocycles. The van der Waals surface area contributed by atoms with Crippen molar-refractivity contribution in [2.24, 2.45) is 0 Å². The van der Waals surface area contributed by atoms with Gasteiger partial charge in [0.2, 0.25) is 9.84 Å². The fourth-order valence-electron chi connectivity index (χ4n) is 3.94. The largest absolute Gasteiger partial charge is 0.497 e. The maximum Gasteiger partial charge on any atom is 0.207 e. The summed E-state index contributed by atoms with van der Waals surface area (Å²) in [4.78, 5) is 0.371. The van der Waals surface area contributed by atoms with Crippen LogP contribution in [0.4, 0.5) is 0 Å². The monoisotopic (exact) mass is 417 g/mol. The second-order valence-electron chi connectivity index (χ2n) is 7.50. The molecule has 0 bridgehead atoms. The van der Waals surface area contributed by atoms with Gasteiger partial charge < -0.3 is 19.5 Å². The second-order valence-corrected chi connectivity index (χ2v) is 9.45. The van der Waals surface area contributed by atoms with Crippen molar-refractivity contribution in [3.63, 3.8) is 0 Å². The van der Waals surface area contributed by atoms with Gasteiger partial charge in [0, 0.05) is 24.1 Å². The van der Waals surface area contributed by atoms with Crippen molar-refractivity contribution in [1.82, 2.24) is 5.32 Å². The molecule has 29 heavy (non-hydrogen) atoms. The topological polar surface area (TPSA) is 73.9 Å². The number of hydrogen-bond acceptors (Lipinski definition) is 6. The maximum atomic E-state index is 13.3. The summed E-state index contributed by atoms with van der Waals surface area (Å²) in [5.41, 5.74) is 1.10. The van der Waals surface area contributed by atoms with Gasteiger partial charge in [-0.3, -0.25) is 0 Å². The average molecular weight is 418 g/mol. The lowest BCUT2D eigenvalue weighted by Crippen LogP contribution is -2.39. The predicted molar refractivity (Wildman–Crippen MR) is 110 cm³/mol. The van der Waals surface area contributed by atoms with Gasteiger partial charge >= 0.3 is 0 Å². The molecule has 1 fully saturated rings. The third kappa shape index (κ3) is 3.94. The van der Waals surface area contributed by atoms with Crippen LogP contribution in [0.2, 0.25) is 0 Å². The van der Waals surface area contributed by atoms with E-state index in [1.54, 1.807) is 24.3 Å². The Morgan fingerprint density at radius 3 is 2.76 bits per heavy atom. The van der Waals surface area contributed by atoms with E-state index >= 15 is 0 Å². The molecule has 0 aliphatic carbocycles. The molecule has 0 spiro atoms. The molecule has 156 valence electrons. The Labute approximate surface area is 172 Å². The fraction of sp³-hybridized carbons (Fsp3) is 0.455. The standard InChI is InChI=1S/C22H27NO5S/c1-3-4-9-27-16-10-15(26-2)11-18(12-16)29(24,25)17-5-6-19-20-7-8-23-14-22(20)28-21(19)13-17/h5-6,10-13,20,22-23H,3-4,7-9,14H2,1-2H3. The van der Waals surface area contributed by atoms with Crippen LogP contribution in [0.1, 0.15) is 37.7 Å². The van der Waals surface area contributed by atoms with E-state index in [0.29, 0.717) is 29.8 Å². The van der Waals surface area contributed by atoms with E-state index in [0.717, 1.165) is 37.9 Å². The summed E-state index contributed by atoms with van der Waals surface area (Å²) in [5, 5.41) is 3.33. The van der Waals surface area contributed by atoms with Gasteiger partial charge in [-0.2, -0.15) is 0 Å². The number of hydrogen-bond donors (Lipinski definition) is 1. The molecule has 2 atom stereocenters. The summed E-state index contributed by atoms with van der Waals surface area (Å²) in [6, 6.07) is 10.0. The second kappa shape index (κ2) is 8.24. The molecule has 2 heterocycles. The van der Waals surface area contributed by atoms with Crippen LogP contribution >= 0.6 is 0 Å². The molecule has 2 unspecified atom stereocenters. The van der Waals surface area contributed by atoms with Gasteiger partial charge in [0.15, 0.2) is 0 Å². The van der Waals surface area contributed by atoms with Crippen molar-refractivity contribution in [3.05, 3.63) is 42.0 Å². The lowest BCUT2D eigenvalue weighted by atomic mass is 9.90. The lowest BCUT2D eigenvalue weighted by Gasteiger charge is -2.24. The third-order valence-corrected chi connectivity index (χ3v) is 7.30. The highest BCUT2D eigenvalue weighted by Crippen LogP contribution is 2.43. The molecular weight excluding hydrogens is 390 g/mol. The maximum absolute atomic E-state index is 13.3. The van der Waals surface area contributed by atoms with E-state index < -0.39 is 9.84 Å². The van der Waals surface area contributed by atoms with Gasteiger partial charge in [0.1, 0.15) is 23.4 Å². The molecular formula is C22H27NO5S. The highest BCUT2D eigenvalue weighted by molar-refractivity contribution is 7.91. The van der Waals surface area contributed by atoms with Crippen molar-refractivity contribution in [2.45, 2.75) is 48.0 Å². The van der Waals surface area contributed by atoms with Gasteiger partial charge in [0.05, 0.1) is 23.5 Å². The number of fused-ring (bicyclic) bond motifs is 3. The Bertz CT molecular complexity index is 989. The highest BCUT2D eigenvalue weighted by atomic mass is 32.2. The van der Waals surface area contributed by atoms with Gasteiger partial charge in [-0.15, -0.1) is 0 Å². The van der Waals surface area contributed by atoms with Crippen LogP contribution in [-0.2, 0) is 9.84 Å². The van der Waals surface area contributed by atoms with Gasteiger partial charge in [-0.1, -0.05) is 19.4 Å². The number of nitrogens with one attached hydrogen (secondary N) is 1. The van der Waals surface area contributed by atoms with E-state index in [4.69, 9.17) is 14.2 Å². The van der Waals surface area contributed by atoms with Crippen molar-refractivity contribution in [2.75, 3.05) is 26.8 Å². The minimum atomic E-state index is -3.73. The first-order valence-electron chi connectivity index (χ1n) is 10.1. The van der Waals surface area contributed by atoms with Crippen LogP contribution in [0.15, 0.2) is 46.2 Å². The van der Waals surface area contributed by atoms with Crippen LogP contribution in [0, 0.1) is 0 Å². The van der Waals surface area contributed by atoms with Crippen molar-refractivity contribution in [1.29, 1.82) is 0 Å². The predicted octanol–water partition coefficient (Wildman–Crippen LogP) is 3.54. The molecule has 7 heteroatoms. The molecule has 0 saturated carbocycles.